The molecule has 1 spiro atoms. The lowest BCUT2D eigenvalue weighted by Crippen LogP contribution is -2.55. The van der Waals surface area contributed by atoms with Crippen molar-refractivity contribution in [3.8, 4) is 0 Å². The van der Waals surface area contributed by atoms with Gasteiger partial charge in [0.2, 0.25) is 6.41 Å². The average Bonchev–Trinajstić information content (AvgIpc) is 2.69. The van der Waals surface area contributed by atoms with Crippen molar-refractivity contribution in [2.24, 2.45) is 23.2 Å². The maximum Gasteiger partial charge on any atom is 0.207 e. The van der Waals surface area contributed by atoms with Gasteiger partial charge in [-0.2, -0.15) is 0 Å². The summed E-state index contributed by atoms with van der Waals surface area (Å²) in [4.78, 5) is 11.0. The summed E-state index contributed by atoms with van der Waals surface area (Å²) < 4.78 is 0. The van der Waals surface area contributed by atoms with E-state index in [1.165, 1.54) is 31.3 Å². The topological polar surface area (TPSA) is 29.1 Å². The van der Waals surface area contributed by atoms with Gasteiger partial charge in [0, 0.05) is 11.5 Å². The Hall–Kier alpha value is -0.790. The lowest BCUT2D eigenvalue weighted by Gasteiger charge is -2.50. The molecular weight excluding hydrogens is 222 g/mol. The molecule has 1 fully saturated rings. The largest absolute Gasteiger partial charge is 0.355 e. The third-order valence-electron chi connectivity index (χ3n) is 5.43. The molecule has 0 unspecified atom stereocenters. The van der Waals surface area contributed by atoms with Gasteiger partial charge in [0.25, 0.3) is 0 Å². The molecule has 1 saturated carbocycles. The van der Waals surface area contributed by atoms with Crippen molar-refractivity contribution >= 4 is 6.41 Å². The summed E-state index contributed by atoms with van der Waals surface area (Å²) in [7, 11) is 0. The highest BCUT2D eigenvalue weighted by Crippen LogP contribution is 2.53. The molecule has 2 nitrogen and oxygen atoms in total. The molecule has 0 aromatic carbocycles. The Bertz CT molecular complexity index is 347. The zero-order valence-corrected chi connectivity index (χ0v) is 12.2. The van der Waals surface area contributed by atoms with E-state index in [0.717, 1.165) is 6.41 Å². The fourth-order valence-electron chi connectivity index (χ4n) is 4.30. The Balaban J connectivity index is 2.35. The molecule has 0 radical (unpaired) electrons. The first-order chi connectivity index (χ1) is 8.51. The predicted molar refractivity (Wildman–Crippen MR) is 75.1 cm³/mol. The van der Waals surface area contributed by atoms with E-state index in [1.807, 2.05) is 0 Å². The summed E-state index contributed by atoms with van der Waals surface area (Å²) in [6.45, 7) is 9.18. The summed E-state index contributed by atoms with van der Waals surface area (Å²) >= 11 is 0. The molecule has 2 aliphatic rings. The van der Waals surface area contributed by atoms with E-state index in [4.69, 9.17) is 0 Å². The Kier molecular flexibility index (Phi) is 3.84. The molecule has 0 bridgehead atoms. The molecule has 2 rings (SSSR count). The zero-order valence-electron chi connectivity index (χ0n) is 12.2. The van der Waals surface area contributed by atoms with Gasteiger partial charge in [-0.1, -0.05) is 32.4 Å². The Morgan fingerprint density at radius 1 is 1.44 bits per heavy atom. The lowest BCUT2D eigenvalue weighted by atomic mass is 9.58. The first kappa shape index (κ1) is 13.6. The molecule has 4 atom stereocenters. The van der Waals surface area contributed by atoms with Gasteiger partial charge < -0.3 is 5.32 Å². The van der Waals surface area contributed by atoms with E-state index in [9.17, 15) is 4.79 Å². The van der Waals surface area contributed by atoms with Gasteiger partial charge in [0.15, 0.2) is 0 Å². The molecule has 102 valence electrons. The maximum absolute atomic E-state index is 11.0. The molecule has 1 amide bonds. The lowest BCUT2D eigenvalue weighted by molar-refractivity contribution is -0.112. The second-order valence-electron chi connectivity index (χ2n) is 6.75. The van der Waals surface area contributed by atoms with E-state index in [0.29, 0.717) is 23.8 Å². The molecule has 2 aliphatic carbocycles. The van der Waals surface area contributed by atoms with Gasteiger partial charge in [-0.25, -0.2) is 0 Å². The Labute approximate surface area is 111 Å². The first-order valence-corrected chi connectivity index (χ1v) is 7.39. The van der Waals surface area contributed by atoms with Crippen LogP contribution in [0.1, 0.15) is 53.4 Å². The average molecular weight is 249 g/mol. The number of nitrogens with one attached hydrogen (secondary N) is 1. The van der Waals surface area contributed by atoms with E-state index in [1.54, 1.807) is 0 Å². The highest BCUT2D eigenvalue weighted by molar-refractivity contribution is 5.48. The molecule has 0 aromatic rings. The van der Waals surface area contributed by atoms with Crippen LogP contribution in [-0.4, -0.2) is 12.5 Å². The van der Waals surface area contributed by atoms with Gasteiger partial charge >= 0.3 is 0 Å². The van der Waals surface area contributed by atoms with Crippen molar-refractivity contribution in [1.29, 1.82) is 0 Å². The van der Waals surface area contributed by atoms with Crippen LogP contribution in [0.15, 0.2) is 11.6 Å². The minimum atomic E-state index is 0.220. The zero-order chi connectivity index (χ0) is 13.3. The Morgan fingerprint density at radius 2 is 2.17 bits per heavy atom. The molecule has 18 heavy (non-hydrogen) atoms. The molecule has 0 aromatic heterocycles. The maximum atomic E-state index is 11.0. The normalized spacial score (nSPS) is 40.1. The van der Waals surface area contributed by atoms with Crippen molar-refractivity contribution in [3.05, 3.63) is 11.6 Å². The van der Waals surface area contributed by atoms with Crippen molar-refractivity contribution in [2.75, 3.05) is 0 Å². The molecular formula is C16H27NO. The van der Waals surface area contributed by atoms with Crippen LogP contribution in [0, 0.1) is 23.2 Å². The SMILES string of the molecule is CC1=C[C@]2(CC1)[C@H](C)CC[C@@H](C(C)C)[C@H]2NC=O. The highest BCUT2D eigenvalue weighted by atomic mass is 16.1. The quantitative estimate of drug-likeness (QED) is 0.601. The van der Waals surface area contributed by atoms with Crippen LogP contribution in [0.2, 0.25) is 0 Å². The van der Waals surface area contributed by atoms with Crippen LogP contribution >= 0.6 is 0 Å². The first-order valence-electron chi connectivity index (χ1n) is 7.39. The second-order valence-corrected chi connectivity index (χ2v) is 6.75. The van der Waals surface area contributed by atoms with Crippen LogP contribution in [0.3, 0.4) is 0 Å². The van der Waals surface area contributed by atoms with Crippen molar-refractivity contribution in [1.82, 2.24) is 5.32 Å². The van der Waals surface area contributed by atoms with Crippen molar-refractivity contribution in [3.63, 3.8) is 0 Å². The van der Waals surface area contributed by atoms with Gasteiger partial charge in [-0.3, -0.25) is 4.79 Å². The number of carbonyl (C=O) groups is 1. The van der Waals surface area contributed by atoms with Gasteiger partial charge in [0.05, 0.1) is 0 Å². The van der Waals surface area contributed by atoms with Crippen LogP contribution in [0.5, 0.6) is 0 Å². The van der Waals surface area contributed by atoms with E-state index in [-0.39, 0.29) is 5.41 Å². The molecule has 0 heterocycles. The van der Waals surface area contributed by atoms with E-state index < -0.39 is 0 Å². The fraction of sp³-hybridized carbons (Fsp3) is 0.812. The van der Waals surface area contributed by atoms with Crippen LogP contribution in [0.4, 0.5) is 0 Å². The third-order valence-corrected chi connectivity index (χ3v) is 5.43. The van der Waals surface area contributed by atoms with Gasteiger partial charge in [0.1, 0.15) is 0 Å². The number of hydrogen-bond acceptors (Lipinski definition) is 1. The number of hydrogen-bond donors (Lipinski definition) is 1. The van der Waals surface area contributed by atoms with Crippen LogP contribution in [0.25, 0.3) is 0 Å². The Morgan fingerprint density at radius 3 is 2.67 bits per heavy atom. The molecule has 0 aliphatic heterocycles. The monoisotopic (exact) mass is 249 g/mol. The van der Waals surface area contributed by atoms with Gasteiger partial charge in [-0.05, 0) is 50.4 Å². The number of allylic oxidation sites excluding steroid dienone is 1. The minimum Gasteiger partial charge on any atom is -0.355 e. The van der Waals surface area contributed by atoms with E-state index >= 15 is 0 Å². The standard InChI is InChI=1S/C16H27NO/c1-11(2)14-6-5-13(4)16(15(14)17-10-18)8-7-12(3)9-16/h9-11,13-15H,5-8H2,1-4H3,(H,17,18)/t13-,14+,15-,16-/m1/s1. The number of amides is 1. The highest BCUT2D eigenvalue weighted by Gasteiger charge is 2.50. The summed E-state index contributed by atoms with van der Waals surface area (Å²) in [5, 5.41) is 3.17. The number of carbonyl (C=O) groups excluding carboxylic acids is 1. The molecule has 2 heteroatoms. The number of rotatable bonds is 3. The fourth-order valence-corrected chi connectivity index (χ4v) is 4.30. The third kappa shape index (κ3) is 2.10. The van der Waals surface area contributed by atoms with Crippen molar-refractivity contribution < 1.29 is 4.79 Å². The van der Waals surface area contributed by atoms with Crippen LogP contribution < -0.4 is 5.32 Å². The van der Waals surface area contributed by atoms with Crippen LogP contribution in [-0.2, 0) is 4.79 Å². The molecule has 0 saturated heterocycles. The van der Waals surface area contributed by atoms with Gasteiger partial charge in [-0.15, -0.1) is 0 Å². The summed E-state index contributed by atoms with van der Waals surface area (Å²) in [6.07, 6.45) is 8.36. The predicted octanol–water partition coefficient (Wildman–Crippen LogP) is 3.53. The van der Waals surface area contributed by atoms with E-state index in [2.05, 4.69) is 39.1 Å². The molecule has 1 N–H and O–H groups in total. The minimum absolute atomic E-state index is 0.220. The summed E-state index contributed by atoms with van der Waals surface area (Å²) in [6, 6.07) is 0.330. The second kappa shape index (κ2) is 5.07. The van der Waals surface area contributed by atoms with Crippen molar-refractivity contribution in [2.45, 2.75) is 59.4 Å². The summed E-state index contributed by atoms with van der Waals surface area (Å²) in [5.41, 5.74) is 1.72. The smallest absolute Gasteiger partial charge is 0.207 e. The summed E-state index contributed by atoms with van der Waals surface area (Å²) in [5.74, 6) is 1.94.